The summed E-state index contributed by atoms with van der Waals surface area (Å²) in [5.41, 5.74) is 0.182. The van der Waals surface area contributed by atoms with Crippen LogP contribution in [0.25, 0.3) is 0 Å². The predicted molar refractivity (Wildman–Crippen MR) is 78.9 cm³/mol. The monoisotopic (exact) mass is 363 g/mol. The fourth-order valence-electron chi connectivity index (χ4n) is 2.17. The van der Waals surface area contributed by atoms with Crippen LogP contribution in [0.3, 0.4) is 0 Å². The molecule has 0 atom stereocenters. The quantitative estimate of drug-likeness (QED) is 0.887. The van der Waals surface area contributed by atoms with Gasteiger partial charge < -0.3 is 9.84 Å². The SMILES string of the molecule is CC1(C)CN(S(=O)(=O)c2ccc(CO)cc2Br)CCO1. The zero-order chi connectivity index (χ0) is 15.0. The molecule has 1 aromatic rings. The second-order valence-corrected chi connectivity index (χ2v) is 8.13. The molecule has 0 spiro atoms. The van der Waals surface area contributed by atoms with E-state index < -0.39 is 15.6 Å². The molecule has 7 heteroatoms. The number of nitrogens with zero attached hydrogens (tertiary/aromatic N) is 1. The molecule has 1 saturated heterocycles. The number of sulfonamides is 1. The number of hydrogen-bond donors (Lipinski definition) is 1. The highest BCUT2D eigenvalue weighted by atomic mass is 79.9. The van der Waals surface area contributed by atoms with E-state index in [0.717, 1.165) is 0 Å². The van der Waals surface area contributed by atoms with E-state index in [4.69, 9.17) is 9.84 Å². The van der Waals surface area contributed by atoms with Gasteiger partial charge in [0.15, 0.2) is 0 Å². The van der Waals surface area contributed by atoms with E-state index in [-0.39, 0.29) is 11.5 Å². The summed E-state index contributed by atoms with van der Waals surface area (Å²) in [7, 11) is -3.56. The number of ether oxygens (including phenoxy) is 1. The van der Waals surface area contributed by atoms with Crippen molar-refractivity contribution in [3.63, 3.8) is 0 Å². The van der Waals surface area contributed by atoms with E-state index in [1.807, 2.05) is 13.8 Å². The summed E-state index contributed by atoms with van der Waals surface area (Å²) in [4.78, 5) is 0.215. The van der Waals surface area contributed by atoms with E-state index in [0.29, 0.717) is 29.7 Å². The van der Waals surface area contributed by atoms with Gasteiger partial charge in [-0.25, -0.2) is 8.42 Å². The molecule has 0 radical (unpaired) electrons. The lowest BCUT2D eigenvalue weighted by molar-refractivity contribution is -0.0640. The average molecular weight is 364 g/mol. The Bertz CT molecular complexity index is 600. The van der Waals surface area contributed by atoms with E-state index >= 15 is 0 Å². The molecule has 0 aromatic heterocycles. The maximum atomic E-state index is 12.7. The molecule has 5 nitrogen and oxygen atoms in total. The van der Waals surface area contributed by atoms with Gasteiger partial charge in [0.25, 0.3) is 0 Å². The minimum Gasteiger partial charge on any atom is -0.392 e. The highest BCUT2D eigenvalue weighted by Crippen LogP contribution is 2.29. The standard InChI is InChI=1S/C13H18BrNO4S/c1-13(2)9-15(5-6-19-13)20(17,18)12-4-3-10(8-16)7-11(12)14/h3-4,7,16H,5-6,8-9H2,1-2H3. The van der Waals surface area contributed by atoms with Gasteiger partial charge in [-0.3, -0.25) is 0 Å². The van der Waals surface area contributed by atoms with Gasteiger partial charge in [0.1, 0.15) is 0 Å². The first-order valence-electron chi connectivity index (χ1n) is 6.30. The second kappa shape index (κ2) is 5.73. The summed E-state index contributed by atoms with van der Waals surface area (Å²) < 4.78 is 32.8. The van der Waals surface area contributed by atoms with Crippen LogP contribution in [0, 0.1) is 0 Å². The summed E-state index contributed by atoms with van der Waals surface area (Å²) in [6.45, 7) is 4.68. The molecule has 1 heterocycles. The molecular formula is C13H18BrNO4S. The van der Waals surface area contributed by atoms with Gasteiger partial charge in [0.2, 0.25) is 10.0 Å². The molecule has 20 heavy (non-hydrogen) atoms. The van der Waals surface area contributed by atoms with Crippen molar-refractivity contribution < 1.29 is 18.3 Å². The van der Waals surface area contributed by atoms with Gasteiger partial charge in [-0.15, -0.1) is 0 Å². The first-order chi connectivity index (χ1) is 9.26. The summed E-state index contributed by atoms with van der Waals surface area (Å²) in [6, 6.07) is 4.76. The molecule has 1 N–H and O–H groups in total. The highest BCUT2D eigenvalue weighted by molar-refractivity contribution is 9.10. The molecule has 0 bridgehead atoms. The van der Waals surface area contributed by atoms with Crippen molar-refractivity contribution in [1.29, 1.82) is 0 Å². The van der Waals surface area contributed by atoms with Crippen LogP contribution in [0.2, 0.25) is 0 Å². The van der Waals surface area contributed by atoms with Crippen molar-refractivity contribution in [3.05, 3.63) is 28.2 Å². The lowest BCUT2D eigenvalue weighted by atomic mass is 10.1. The van der Waals surface area contributed by atoms with Crippen molar-refractivity contribution >= 4 is 26.0 Å². The Morgan fingerprint density at radius 1 is 1.45 bits per heavy atom. The number of halogens is 1. The van der Waals surface area contributed by atoms with E-state index in [1.165, 1.54) is 10.4 Å². The Kier molecular flexibility index (Phi) is 4.56. The minimum atomic E-state index is -3.56. The van der Waals surface area contributed by atoms with Crippen molar-refractivity contribution in [2.75, 3.05) is 19.7 Å². The van der Waals surface area contributed by atoms with Crippen molar-refractivity contribution in [2.24, 2.45) is 0 Å². The van der Waals surface area contributed by atoms with Gasteiger partial charge in [-0.1, -0.05) is 6.07 Å². The third-order valence-corrected chi connectivity index (χ3v) is 6.01. The smallest absolute Gasteiger partial charge is 0.244 e. The van der Waals surface area contributed by atoms with Gasteiger partial charge in [0, 0.05) is 17.6 Å². The summed E-state index contributed by atoms with van der Waals surface area (Å²) >= 11 is 3.27. The predicted octanol–water partition coefficient (Wildman–Crippen LogP) is 1.74. The third-order valence-electron chi connectivity index (χ3n) is 3.19. The molecule has 1 aliphatic rings. The van der Waals surface area contributed by atoms with Crippen LogP contribution < -0.4 is 0 Å². The minimum absolute atomic E-state index is 0.122. The molecule has 0 unspecified atom stereocenters. The Balaban J connectivity index is 2.35. The number of rotatable bonds is 3. The van der Waals surface area contributed by atoms with Crippen LogP contribution in [0.1, 0.15) is 19.4 Å². The van der Waals surface area contributed by atoms with E-state index in [9.17, 15) is 8.42 Å². The van der Waals surface area contributed by atoms with Gasteiger partial charge in [0.05, 0.1) is 23.7 Å². The van der Waals surface area contributed by atoms with Crippen LogP contribution in [0.5, 0.6) is 0 Å². The van der Waals surface area contributed by atoms with Crippen molar-refractivity contribution in [2.45, 2.75) is 31.0 Å². The zero-order valence-corrected chi connectivity index (χ0v) is 13.9. The highest BCUT2D eigenvalue weighted by Gasteiger charge is 2.35. The first kappa shape index (κ1) is 15.9. The van der Waals surface area contributed by atoms with Crippen LogP contribution in [0.4, 0.5) is 0 Å². The van der Waals surface area contributed by atoms with Gasteiger partial charge in [-0.2, -0.15) is 4.31 Å². The molecule has 112 valence electrons. The number of aliphatic hydroxyl groups is 1. The number of aliphatic hydroxyl groups excluding tert-OH is 1. The number of morpholine rings is 1. The van der Waals surface area contributed by atoms with Crippen LogP contribution in [0.15, 0.2) is 27.6 Å². The summed E-state index contributed by atoms with van der Waals surface area (Å²) in [5.74, 6) is 0. The maximum Gasteiger partial charge on any atom is 0.244 e. The number of hydrogen-bond acceptors (Lipinski definition) is 4. The Morgan fingerprint density at radius 3 is 2.70 bits per heavy atom. The molecule has 0 saturated carbocycles. The zero-order valence-electron chi connectivity index (χ0n) is 11.5. The van der Waals surface area contributed by atoms with Crippen LogP contribution in [-0.2, 0) is 21.4 Å². The fourth-order valence-corrected chi connectivity index (χ4v) is 4.83. The molecule has 1 fully saturated rings. The molecular weight excluding hydrogens is 346 g/mol. The Hall–Kier alpha value is -0.470. The molecule has 0 aliphatic carbocycles. The summed E-state index contributed by atoms with van der Waals surface area (Å²) in [5, 5.41) is 9.08. The van der Waals surface area contributed by atoms with E-state index in [2.05, 4.69) is 15.9 Å². The van der Waals surface area contributed by atoms with Crippen molar-refractivity contribution in [1.82, 2.24) is 4.31 Å². The normalized spacial score (nSPS) is 20.0. The van der Waals surface area contributed by atoms with E-state index in [1.54, 1.807) is 12.1 Å². The fraction of sp³-hybridized carbons (Fsp3) is 0.538. The Labute approximate surface area is 127 Å². The number of benzene rings is 1. The lowest BCUT2D eigenvalue weighted by Gasteiger charge is -2.37. The molecule has 1 aromatic carbocycles. The van der Waals surface area contributed by atoms with Gasteiger partial charge in [-0.05, 0) is 47.5 Å². The molecule has 1 aliphatic heterocycles. The molecule has 2 rings (SSSR count). The summed E-state index contributed by atoms with van der Waals surface area (Å²) in [6.07, 6.45) is 0. The van der Waals surface area contributed by atoms with Gasteiger partial charge >= 0.3 is 0 Å². The molecule has 0 amide bonds. The van der Waals surface area contributed by atoms with Crippen molar-refractivity contribution in [3.8, 4) is 0 Å². The average Bonchev–Trinajstić information content (AvgIpc) is 2.37. The topological polar surface area (TPSA) is 66.8 Å². The third kappa shape index (κ3) is 3.23. The largest absolute Gasteiger partial charge is 0.392 e. The lowest BCUT2D eigenvalue weighted by Crippen LogP contribution is -2.50. The second-order valence-electron chi connectivity index (χ2n) is 5.37. The Morgan fingerprint density at radius 2 is 2.15 bits per heavy atom. The maximum absolute atomic E-state index is 12.7. The van der Waals surface area contributed by atoms with Crippen LogP contribution in [-0.4, -0.2) is 43.1 Å². The van der Waals surface area contributed by atoms with Crippen LogP contribution >= 0.6 is 15.9 Å². The first-order valence-corrected chi connectivity index (χ1v) is 8.53.